The maximum absolute atomic E-state index is 13.6. The lowest BCUT2D eigenvalue weighted by Crippen LogP contribution is -2.23. The molecule has 0 spiro atoms. The van der Waals surface area contributed by atoms with Gasteiger partial charge in [-0.25, -0.2) is 4.98 Å². The van der Waals surface area contributed by atoms with Gasteiger partial charge in [0.25, 0.3) is 5.56 Å². The van der Waals surface area contributed by atoms with Gasteiger partial charge in [0.15, 0.2) is 5.69 Å². The molecule has 3 aromatic heterocycles. The van der Waals surface area contributed by atoms with Crippen molar-refractivity contribution >= 4 is 5.78 Å². The molecule has 0 aliphatic heterocycles. The first-order valence-electron chi connectivity index (χ1n) is 8.19. The fourth-order valence-corrected chi connectivity index (χ4v) is 2.84. The van der Waals surface area contributed by atoms with Crippen LogP contribution in [0.25, 0.3) is 16.9 Å². The molecule has 3 rings (SSSR count). The molecular formula is C16H15F6N5O2. The van der Waals surface area contributed by atoms with Gasteiger partial charge in [-0.15, -0.1) is 0 Å². The van der Waals surface area contributed by atoms with Crippen molar-refractivity contribution in [2.24, 2.45) is 7.05 Å². The number of alkyl halides is 6. The summed E-state index contributed by atoms with van der Waals surface area (Å²) < 4.78 is 86.0. The highest BCUT2D eigenvalue weighted by atomic mass is 19.4. The van der Waals surface area contributed by atoms with E-state index in [1.54, 1.807) is 0 Å². The van der Waals surface area contributed by atoms with Crippen LogP contribution in [-0.4, -0.2) is 37.0 Å². The number of ether oxygens (including phenoxy) is 1. The van der Waals surface area contributed by atoms with Gasteiger partial charge in [-0.2, -0.15) is 31.4 Å². The number of aromatic nitrogens is 5. The number of methoxy groups -OCH3 is 1. The zero-order chi connectivity index (χ0) is 21.6. The Morgan fingerprint density at radius 2 is 1.83 bits per heavy atom. The molecule has 13 heteroatoms. The molecule has 0 N–H and O–H groups in total. The fourth-order valence-electron chi connectivity index (χ4n) is 2.84. The summed E-state index contributed by atoms with van der Waals surface area (Å²) in [7, 11) is 2.82. The molecule has 0 bridgehead atoms. The van der Waals surface area contributed by atoms with Gasteiger partial charge in [-0.1, -0.05) is 0 Å². The molecule has 29 heavy (non-hydrogen) atoms. The van der Waals surface area contributed by atoms with Crippen LogP contribution >= 0.6 is 0 Å². The van der Waals surface area contributed by atoms with E-state index in [1.165, 1.54) is 24.9 Å². The summed E-state index contributed by atoms with van der Waals surface area (Å²) in [6.07, 6.45) is -7.46. The fraction of sp³-hybridized carbons (Fsp3) is 0.438. The standard InChI is InChI=1S/C16H15F6N5O2/c1-25-10(8-29-2)7-27-13(28)11(12(16(20,21)22)24-14(25)27)9-5-23-26(6-9)4-3-15(17,18)19/h5-7H,3-4,8H2,1-2H3. The normalized spacial score (nSPS) is 12.8. The van der Waals surface area contributed by atoms with Gasteiger partial charge in [0.05, 0.1) is 30.5 Å². The molecule has 0 radical (unpaired) electrons. The van der Waals surface area contributed by atoms with Crippen LogP contribution in [-0.2, 0) is 31.1 Å². The predicted molar refractivity (Wildman–Crippen MR) is 88.0 cm³/mol. The molecule has 7 nitrogen and oxygen atoms in total. The van der Waals surface area contributed by atoms with Gasteiger partial charge in [-0.05, 0) is 0 Å². The second-order valence-electron chi connectivity index (χ2n) is 6.28. The van der Waals surface area contributed by atoms with Crippen molar-refractivity contribution in [2.45, 2.75) is 31.9 Å². The number of hydrogen-bond acceptors (Lipinski definition) is 4. The second kappa shape index (κ2) is 7.21. The number of halogens is 6. The predicted octanol–water partition coefficient (Wildman–Crippen LogP) is 3.01. The molecule has 158 valence electrons. The van der Waals surface area contributed by atoms with Gasteiger partial charge in [0, 0.05) is 38.7 Å². The van der Waals surface area contributed by atoms with Crippen LogP contribution in [0.3, 0.4) is 0 Å². The minimum absolute atomic E-state index is 0.0331. The Kier molecular flexibility index (Phi) is 5.19. The first-order valence-corrected chi connectivity index (χ1v) is 8.19. The molecular weight excluding hydrogens is 408 g/mol. The number of hydrogen-bond donors (Lipinski definition) is 0. The summed E-state index contributed by atoms with van der Waals surface area (Å²) >= 11 is 0. The minimum Gasteiger partial charge on any atom is -0.378 e. The van der Waals surface area contributed by atoms with Crippen molar-refractivity contribution in [2.75, 3.05) is 7.11 Å². The van der Waals surface area contributed by atoms with Gasteiger partial charge in [0.2, 0.25) is 5.78 Å². The molecule has 0 saturated heterocycles. The van der Waals surface area contributed by atoms with E-state index in [0.29, 0.717) is 5.69 Å². The smallest absolute Gasteiger partial charge is 0.378 e. The maximum Gasteiger partial charge on any atom is 0.434 e. The van der Waals surface area contributed by atoms with Crippen LogP contribution in [0.15, 0.2) is 23.4 Å². The third kappa shape index (κ3) is 4.13. The van der Waals surface area contributed by atoms with Gasteiger partial charge >= 0.3 is 12.4 Å². The molecule has 0 unspecified atom stereocenters. The molecule has 0 atom stereocenters. The Morgan fingerprint density at radius 3 is 2.41 bits per heavy atom. The third-order valence-electron chi connectivity index (χ3n) is 4.21. The van der Waals surface area contributed by atoms with Crippen molar-refractivity contribution in [3.05, 3.63) is 40.3 Å². The largest absolute Gasteiger partial charge is 0.434 e. The highest BCUT2D eigenvalue weighted by Crippen LogP contribution is 2.34. The number of imidazole rings is 1. The Balaban J connectivity index is 2.17. The van der Waals surface area contributed by atoms with E-state index in [0.717, 1.165) is 21.5 Å². The summed E-state index contributed by atoms with van der Waals surface area (Å²) in [5.41, 5.74) is -3.12. The monoisotopic (exact) mass is 423 g/mol. The molecule has 0 saturated carbocycles. The minimum atomic E-state index is -4.97. The summed E-state index contributed by atoms with van der Waals surface area (Å²) in [4.78, 5) is 16.5. The summed E-state index contributed by atoms with van der Waals surface area (Å²) in [5.74, 6) is -0.248. The Morgan fingerprint density at radius 1 is 1.14 bits per heavy atom. The van der Waals surface area contributed by atoms with Crippen LogP contribution < -0.4 is 5.56 Å². The summed E-state index contributed by atoms with van der Waals surface area (Å²) in [6, 6.07) is 0. The van der Waals surface area contributed by atoms with Gasteiger partial charge in [0.1, 0.15) is 0 Å². The highest BCUT2D eigenvalue weighted by Gasteiger charge is 2.39. The molecule has 0 fully saturated rings. The van der Waals surface area contributed by atoms with E-state index < -0.39 is 42.1 Å². The Labute approximate surface area is 159 Å². The molecule has 3 aromatic rings. The maximum atomic E-state index is 13.6. The van der Waals surface area contributed by atoms with Crippen LogP contribution in [0, 0.1) is 0 Å². The quantitative estimate of drug-likeness (QED) is 0.592. The first kappa shape index (κ1) is 20.9. The summed E-state index contributed by atoms with van der Waals surface area (Å²) in [5, 5.41) is 3.64. The van der Waals surface area contributed by atoms with Crippen molar-refractivity contribution in [1.82, 2.24) is 23.7 Å². The van der Waals surface area contributed by atoms with E-state index in [1.807, 2.05) is 0 Å². The van der Waals surface area contributed by atoms with Crippen LogP contribution in [0.1, 0.15) is 17.8 Å². The highest BCUT2D eigenvalue weighted by molar-refractivity contribution is 5.65. The zero-order valence-corrected chi connectivity index (χ0v) is 15.2. The average Bonchev–Trinajstić information content (AvgIpc) is 3.18. The van der Waals surface area contributed by atoms with E-state index in [4.69, 9.17) is 4.74 Å². The SMILES string of the molecule is COCc1cn2c(=O)c(-c3cnn(CCC(F)(F)F)c3)c(C(F)(F)F)nc2n1C. The number of fused-ring (bicyclic) bond motifs is 1. The van der Waals surface area contributed by atoms with Crippen LogP contribution in [0.2, 0.25) is 0 Å². The Hall–Kier alpha value is -2.83. The van der Waals surface area contributed by atoms with Crippen molar-refractivity contribution < 1.29 is 31.1 Å². The van der Waals surface area contributed by atoms with E-state index in [2.05, 4.69) is 10.1 Å². The first-order chi connectivity index (χ1) is 13.4. The molecule has 0 aliphatic carbocycles. The van der Waals surface area contributed by atoms with Crippen molar-refractivity contribution in [3.8, 4) is 11.1 Å². The number of nitrogens with zero attached hydrogens (tertiary/aromatic N) is 5. The lowest BCUT2D eigenvalue weighted by atomic mass is 10.1. The van der Waals surface area contributed by atoms with Crippen LogP contribution in [0.4, 0.5) is 26.3 Å². The Bertz CT molecular complexity index is 1090. The van der Waals surface area contributed by atoms with Crippen molar-refractivity contribution in [3.63, 3.8) is 0 Å². The topological polar surface area (TPSA) is 66.3 Å². The molecule has 0 aliphatic rings. The second-order valence-corrected chi connectivity index (χ2v) is 6.28. The zero-order valence-electron chi connectivity index (χ0n) is 15.2. The van der Waals surface area contributed by atoms with E-state index in [-0.39, 0.29) is 17.9 Å². The van der Waals surface area contributed by atoms with Gasteiger partial charge < -0.3 is 9.30 Å². The third-order valence-corrected chi connectivity index (χ3v) is 4.21. The molecule has 0 aromatic carbocycles. The lowest BCUT2D eigenvalue weighted by Gasteiger charge is -2.11. The van der Waals surface area contributed by atoms with Crippen molar-refractivity contribution in [1.29, 1.82) is 0 Å². The van der Waals surface area contributed by atoms with E-state index in [9.17, 15) is 31.1 Å². The van der Waals surface area contributed by atoms with Crippen LogP contribution in [0.5, 0.6) is 0 Å². The van der Waals surface area contributed by atoms with Gasteiger partial charge in [-0.3, -0.25) is 13.9 Å². The molecule has 0 amide bonds. The number of rotatable bonds is 5. The lowest BCUT2D eigenvalue weighted by molar-refractivity contribution is -0.140. The average molecular weight is 423 g/mol. The number of aryl methyl sites for hydroxylation is 2. The van der Waals surface area contributed by atoms with E-state index >= 15 is 0 Å². The molecule has 3 heterocycles. The summed E-state index contributed by atoms with van der Waals surface area (Å²) in [6.45, 7) is -0.559.